The molecule has 23 heavy (non-hydrogen) atoms. The SMILES string of the molecule is CC(C)(C)[Si](C)(C)O[C@H]1C[C@@H](OCc2ccccc2)[C@H](O)[C@@H]1O. The van der Waals surface area contributed by atoms with Crippen molar-refractivity contribution in [2.45, 2.75) is 76.3 Å². The van der Waals surface area contributed by atoms with Gasteiger partial charge in [-0.1, -0.05) is 51.1 Å². The molecule has 1 aromatic rings. The summed E-state index contributed by atoms with van der Waals surface area (Å²) in [6, 6.07) is 9.85. The molecule has 0 aromatic heterocycles. The molecule has 0 spiro atoms. The molecule has 4 atom stereocenters. The van der Waals surface area contributed by atoms with Gasteiger partial charge in [-0.3, -0.25) is 0 Å². The topological polar surface area (TPSA) is 58.9 Å². The van der Waals surface area contributed by atoms with Crippen LogP contribution in [0, 0.1) is 0 Å². The number of aliphatic hydroxyl groups excluding tert-OH is 2. The van der Waals surface area contributed by atoms with Crippen molar-refractivity contribution in [3.8, 4) is 0 Å². The first-order chi connectivity index (χ1) is 10.6. The minimum absolute atomic E-state index is 0.0701. The first kappa shape index (κ1) is 18.6. The zero-order chi connectivity index (χ0) is 17.3. The van der Waals surface area contributed by atoms with Crippen LogP contribution in [0.3, 0.4) is 0 Å². The minimum Gasteiger partial charge on any atom is -0.411 e. The molecule has 1 aliphatic carbocycles. The van der Waals surface area contributed by atoms with Gasteiger partial charge in [-0.2, -0.15) is 0 Å². The van der Waals surface area contributed by atoms with Crippen LogP contribution in [0.25, 0.3) is 0 Å². The molecular weight excluding hydrogens is 308 g/mol. The van der Waals surface area contributed by atoms with Crippen molar-refractivity contribution >= 4 is 8.32 Å². The zero-order valence-corrected chi connectivity index (χ0v) is 15.8. The molecule has 4 nitrogen and oxygen atoms in total. The summed E-state index contributed by atoms with van der Waals surface area (Å²) in [7, 11) is -1.98. The summed E-state index contributed by atoms with van der Waals surface area (Å²) in [5.41, 5.74) is 1.06. The second-order valence-corrected chi connectivity index (χ2v) is 12.7. The molecule has 0 aliphatic heterocycles. The van der Waals surface area contributed by atoms with Crippen LogP contribution in [0.1, 0.15) is 32.8 Å². The van der Waals surface area contributed by atoms with Crippen molar-refractivity contribution in [3.63, 3.8) is 0 Å². The Balaban J connectivity index is 1.95. The summed E-state index contributed by atoms with van der Waals surface area (Å²) >= 11 is 0. The van der Waals surface area contributed by atoms with Crippen LogP contribution in [0.15, 0.2) is 30.3 Å². The monoisotopic (exact) mass is 338 g/mol. The van der Waals surface area contributed by atoms with Gasteiger partial charge in [0.1, 0.15) is 12.2 Å². The smallest absolute Gasteiger partial charge is 0.192 e. The van der Waals surface area contributed by atoms with E-state index in [1.165, 1.54) is 0 Å². The maximum atomic E-state index is 10.3. The molecule has 0 bridgehead atoms. The lowest BCUT2D eigenvalue weighted by molar-refractivity contribution is -0.0665. The number of aliphatic hydroxyl groups is 2. The highest BCUT2D eigenvalue weighted by Crippen LogP contribution is 2.40. The van der Waals surface area contributed by atoms with Crippen LogP contribution in [-0.2, 0) is 15.8 Å². The Morgan fingerprint density at radius 2 is 1.61 bits per heavy atom. The molecule has 2 rings (SSSR count). The van der Waals surface area contributed by atoms with Crippen molar-refractivity contribution < 1.29 is 19.4 Å². The molecule has 1 saturated carbocycles. The number of benzene rings is 1. The van der Waals surface area contributed by atoms with Crippen LogP contribution < -0.4 is 0 Å². The van der Waals surface area contributed by atoms with Gasteiger partial charge in [-0.25, -0.2) is 0 Å². The van der Waals surface area contributed by atoms with E-state index >= 15 is 0 Å². The summed E-state index contributed by atoms with van der Waals surface area (Å²) < 4.78 is 12.1. The van der Waals surface area contributed by atoms with Gasteiger partial charge in [0.2, 0.25) is 0 Å². The summed E-state index contributed by atoms with van der Waals surface area (Å²) in [4.78, 5) is 0. The number of hydrogen-bond acceptors (Lipinski definition) is 4. The maximum absolute atomic E-state index is 10.3. The minimum atomic E-state index is -1.98. The van der Waals surface area contributed by atoms with Crippen molar-refractivity contribution in [2.75, 3.05) is 0 Å². The van der Waals surface area contributed by atoms with Gasteiger partial charge in [0.15, 0.2) is 8.32 Å². The lowest BCUT2D eigenvalue weighted by Crippen LogP contribution is -2.46. The lowest BCUT2D eigenvalue weighted by Gasteiger charge is -2.39. The molecule has 1 aromatic carbocycles. The quantitative estimate of drug-likeness (QED) is 0.810. The summed E-state index contributed by atoms with van der Waals surface area (Å²) in [6.07, 6.45) is -1.99. The molecule has 0 heterocycles. The van der Waals surface area contributed by atoms with Gasteiger partial charge in [0, 0.05) is 6.42 Å². The fourth-order valence-corrected chi connectivity index (χ4v) is 3.91. The second kappa shape index (κ2) is 7.03. The summed E-state index contributed by atoms with van der Waals surface area (Å²) in [6.45, 7) is 11.2. The Kier molecular flexibility index (Phi) is 5.69. The van der Waals surface area contributed by atoms with E-state index in [0.29, 0.717) is 13.0 Å². The largest absolute Gasteiger partial charge is 0.411 e. The van der Waals surface area contributed by atoms with Gasteiger partial charge in [0.05, 0.1) is 18.8 Å². The van der Waals surface area contributed by atoms with E-state index < -0.39 is 20.5 Å². The van der Waals surface area contributed by atoms with Crippen LogP contribution in [-0.4, -0.2) is 42.9 Å². The number of rotatable bonds is 5. The van der Waals surface area contributed by atoms with Gasteiger partial charge in [-0.15, -0.1) is 0 Å². The van der Waals surface area contributed by atoms with Crippen LogP contribution >= 0.6 is 0 Å². The van der Waals surface area contributed by atoms with Crippen LogP contribution in [0.5, 0.6) is 0 Å². The Bertz CT molecular complexity index is 497. The first-order valence-electron chi connectivity index (χ1n) is 8.31. The normalized spacial score (nSPS) is 29.0. The molecule has 130 valence electrons. The Morgan fingerprint density at radius 1 is 1.04 bits per heavy atom. The number of hydrogen-bond donors (Lipinski definition) is 2. The van der Waals surface area contributed by atoms with E-state index in [1.807, 2.05) is 30.3 Å². The molecule has 1 aliphatic rings. The van der Waals surface area contributed by atoms with Gasteiger partial charge < -0.3 is 19.4 Å². The Labute approximate surface area is 140 Å². The molecule has 0 saturated heterocycles. The average molecular weight is 339 g/mol. The fourth-order valence-electron chi connectivity index (χ4n) is 2.56. The van der Waals surface area contributed by atoms with Gasteiger partial charge >= 0.3 is 0 Å². The highest BCUT2D eigenvalue weighted by atomic mass is 28.4. The third kappa shape index (κ3) is 4.42. The molecule has 2 N–H and O–H groups in total. The van der Waals surface area contributed by atoms with Crippen LogP contribution in [0.4, 0.5) is 0 Å². The molecule has 5 heteroatoms. The third-order valence-electron chi connectivity index (χ3n) is 5.14. The Morgan fingerprint density at radius 3 is 2.17 bits per heavy atom. The summed E-state index contributed by atoms with van der Waals surface area (Å²) in [5.74, 6) is 0. The number of ether oxygens (including phenoxy) is 1. The van der Waals surface area contributed by atoms with Crippen molar-refractivity contribution in [1.29, 1.82) is 0 Å². The summed E-state index contributed by atoms with van der Waals surface area (Å²) in [5, 5.41) is 20.7. The van der Waals surface area contributed by atoms with E-state index in [-0.39, 0.29) is 17.2 Å². The predicted molar refractivity (Wildman–Crippen MR) is 93.7 cm³/mol. The highest BCUT2D eigenvalue weighted by Gasteiger charge is 2.47. The third-order valence-corrected chi connectivity index (χ3v) is 9.64. The van der Waals surface area contributed by atoms with E-state index in [4.69, 9.17) is 9.16 Å². The fraction of sp³-hybridized carbons (Fsp3) is 0.667. The van der Waals surface area contributed by atoms with Crippen LogP contribution in [0.2, 0.25) is 18.1 Å². The predicted octanol–water partition coefficient (Wildman–Crippen LogP) is 3.09. The maximum Gasteiger partial charge on any atom is 0.192 e. The molecular formula is C18H30O4Si. The molecule has 0 radical (unpaired) electrons. The molecule has 0 amide bonds. The average Bonchev–Trinajstić information content (AvgIpc) is 2.73. The van der Waals surface area contributed by atoms with E-state index in [2.05, 4.69) is 33.9 Å². The first-order valence-corrected chi connectivity index (χ1v) is 11.2. The van der Waals surface area contributed by atoms with Crippen molar-refractivity contribution in [1.82, 2.24) is 0 Å². The standard InChI is InChI=1S/C18H30O4Si/c1-18(2,3)23(4,5)22-15-11-14(16(19)17(15)20)21-12-13-9-7-6-8-10-13/h6-10,14-17,19-20H,11-12H2,1-5H3/t14-,15+,16+,17-/m1/s1. The molecule has 0 unspecified atom stereocenters. The van der Waals surface area contributed by atoms with Gasteiger partial charge in [0.25, 0.3) is 0 Å². The second-order valence-electron chi connectivity index (χ2n) is 7.97. The van der Waals surface area contributed by atoms with E-state index in [0.717, 1.165) is 5.56 Å². The molecule has 1 fully saturated rings. The lowest BCUT2D eigenvalue weighted by atomic mass is 10.2. The zero-order valence-electron chi connectivity index (χ0n) is 14.8. The van der Waals surface area contributed by atoms with E-state index in [1.54, 1.807) is 0 Å². The highest BCUT2D eigenvalue weighted by molar-refractivity contribution is 6.74. The van der Waals surface area contributed by atoms with Gasteiger partial charge in [-0.05, 0) is 23.7 Å². The van der Waals surface area contributed by atoms with E-state index in [9.17, 15) is 10.2 Å². The van der Waals surface area contributed by atoms with Crippen molar-refractivity contribution in [3.05, 3.63) is 35.9 Å². The van der Waals surface area contributed by atoms with Crippen molar-refractivity contribution in [2.24, 2.45) is 0 Å². The Hall–Kier alpha value is -0.723.